The van der Waals surface area contributed by atoms with Gasteiger partial charge in [0.15, 0.2) is 23.0 Å². The highest BCUT2D eigenvalue weighted by atomic mass is 79.9. The first-order valence-electron chi connectivity index (χ1n) is 11.3. The minimum atomic E-state index is -0.415. The molecule has 2 aliphatic rings. The average Bonchev–Trinajstić information content (AvgIpc) is 2.90. The van der Waals surface area contributed by atoms with Gasteiger partial charge in [-0.15, -0.1) is 0 Å². The van der Waals surface area contributed by atoms with Gasteiger partial charge in [-0.3, -0.25) is 14.5 Å². The molecule has 0 aromatic heterocycles. The summed E-state index contributed by atoms with van der Waals surface area (Å²) in [5, 5.41) is 2.85. The first kappa shape index (κ1) is 23.7. The van der Waals surface area contributed by atoms with Crippen LogP contribution in [0.2, 0.25) is 0 Å². The quantitative estimate of drug-likeness (QED) is 0.463. The van der Waals surface area contributed by atoms with Crippen LogP contribution in [0.25, 0.3) is 6.08 Å². The van der Waals surface area contributed by atoms with Gasteiger partial charge in [-0.2, -0.15) is 0 Å². The number of carbonyl (C=O) groups is 2. The number of halogens is 1. The van der Waals surface area contributed by atoms with Crippen molar-refractivity contribution in [2.45, 2.75) is 6.10 Å². The zero-order chi connectivity index (χ0) is 25.1. The van der Waals surface area contributed by atoms with Crippen LogP contribution in [0.1, 0.15) is 5.56 Å². The standard InChI is InChI=1S/C27H23BrN2O6/c1-33-21-11-10-17(12-19(21)28)13-25-27(32)30(20-6-2-3-7-22(20)36-25)15-26(31)29-14-18-16-34-23-8-4-5-9-24(23)35-18/h2-13,18H,14-16H2,1H3,(H,29,31). The Labute approximate surface area is 216 Å². The van der Waals surface area contributed by atoms with Gasteiger partial charge >= 0.3 is 0 Å². The third-order valence-corrected chi connectivity index (χ3v) is 6.32. The van der Waals surface area contributed by atoms with Gasteiger partial charge in [0, 0.05) is 0 Å². The van der Waals surface area contributed by atoms with Crippen LogP contribution in [0.4, 0.5) is 5.69 Å². The Morgan fingerprint density at radius 3 is 2.64 bits per heavy atom. The molecule has 2 aliphatic heterocycles. The average molecular weight is 551 g/mol. The van der Waals surface area contributed by atoms with Crippen molar-refractivity contribution in [3.8, 4) is 23.0 Å². The summed E-state index contributed by atoms with van der Waals surface area (Å²) >= 11 is 3.45. The van der Waals surface area contributed by atoms with Gasteiger partial charge in [0.2, 0.25) is 5.91 Å². The van der Waals surface area contributed by atoms with E-state index in [0.29, 0.717) is 35.3 Å². The molecule has 0 bridgehead atoms. The molecule has 36 heavy (non-hydrogen) atoms. The maximum atomic E-state index is 13.4. The molecule has 0 spiro atoms. The van der Waals surface area contributed by atoms with Crippen LogP contribution in [0.5, 0.6) is 23.0 Å². The molecule has 5 rings (SSSR count). The molecule has 3 aromatic carbocycles. The number of para-hydroxylation sites is 4. The van der Waals surface area contributed by atoms with Crippen LogP contribution in [0, 0.1) is 0 Å². The summed E-state index contributed by atoms with van der Waals surface area (Å²) in [5.41, 5.74) is 1.27. The molecule has 1 atom stereocenters. The highest BCUT2D eigenvalue weighted by Gasteiger charge is 2.32. The molecule has 3 aromatic rings. The highest BCUT2D eigenvalue weighted by molar-refractivity contribution is 9.10. The number of nitrogens with one attached hydrogen (secondary N) is 1. The van der Waals surface area contributed by atoms with Gasteiger partial charge in [-0.25, -0.2) is 0 Å². The van der Waals surface area contributed by atoms with Crippen molar-refractivity contribution in [3.63, 3.8) is 0 Å². The molecule has 2 amide bonds. The number of hydrogen-bond acceptors (Lipinski definition) is 6. The predicted octanol–water partition coefficient (Wildman–Crippen LogP) is 4.18. The van der Waals surface area contributed by atoms with Crippen LogP contribution >= 0.6 is 15.9 Å². The second-order valence-electron chi connectivity index (χ2n) is 8.17. The maximum Gasteiger partial charge on any atom is 0.294 e. The van der Waals surface area contributed by atoms with Crippen molar-refractivity contribution in [2.75, 3.05) is 31.7 Å². The topological polar surface area (TPSA) is 86.3 Å². The van der Waals surface area contributed by atoms with Crippen LogP contribution in [0.15, 0.2) is 77.0 Å². The number of anilines is 1. The number of fused-ring (bicyclic) bond motifs is 2. The van der Waals surface area contributed by atoms with E-state index in [2.05, 4.69) is 21.2 Å². The fraction of sp³-hybridized carbons (Fsp3) is 0.185. The molecule has 2 heterocycles. The van der Waals surface area contributed by atoms with Gasteiger partial charge in [-0.05, 0) is 64.0 Å². The Balaban J connectivity index is 1.30. The second kappa shape index (κ2) is 10.3. The van der Waals surface area contributed by atoms with E-state index in [0.717, 1.165) is 10.0 Å². The van der Waals surface area contributed by atoms with Crippen molar-refractivity contribution in [3.05, 3.63) is 82.5 Å². The molecule has 1 unspecified atom stereocenters. The van der Waals surface area contributed by atoms with Crippen molar-refractivity contribution in [2.24, 2.45) is 0 Å². The Morgan fingerprint density at radius 2 is 1.86 bits per heavy atom. The SMILES string of the molecule is COc1ccc(C=C2Oc3ccccc3N(CC(=O)NCC3COc4ccccc4O3)C2=O)cc1Br. The van der Waals surface area contributed by atoms with Crippen molar-refractivity contribution in [1.29, 1.82) is 0 Å². The Bertz CT molecular complexity index is 1340. The minimum Gasteiger partial charge on any atom is -0.496 e. The highest BCUT2D eigenvalue weighted by Crippen LogP contribution is 2.36. The first-order valence-corrected chi connectivity index (χ1v) is 12.1. The zero-order valence-electron chi connectivity index (χ0n) is 19.4. The maximum absolute atomic E-state index is 13.4. The van der Waals surface area contributed by atoms with Gasteiger partial charge in [0.05, 0.1) is 23.8 Å². The van der Waals surface area contributed by atoms with Crippen molar-refractivity contribution in [1.82, 2.24) is 5.32 Å². The molecule has 0 fully saturated rings. The smallest absolute Gasteiger partial charge is 0.294 e. The van der Waals surface area contributed by atoms with E-state index in [1.54, 1.807) is 37.5 Å². The summed E-state index contributed by atoms with van der Waals surface area (Å²) in [7, 11) is 1.58. The molecular formula is C27H23BrN2O6. The lowest BCUT2D eigenvalue weighted by molar-refractivity contribution is -0.123. The van der Waals surface area contributed by atoms with Gasteiger partial charge < -0.3 is 24.3 Å². The lowest BCUT2D eigenvalue weighted by Gasteiger charge is -2.30. The van der Waals surface area contributed by atoms with Gasteiger partial charge in [0.25, 0.3) is 5.91 Å². The predicted molar refractivity (Wildman–Crippen MR) is 137 cm³/mol. The third kappa shape index (κ3) is 5.01. The Hall–Kier alpha value is -3.98. The summed E-state index contributed by atoms with van der Waals surface area (Å²) in [6, 6.07) is 19.9. The molecule has 1 N–H and O–H groups in total. The Morgan fingerprint density at radius 1 is 1.11 bits per heavy atom. The van der Waals surface area contributed by atoms with Gasteiger partial charge in [0.1, 0.15) is 25.0 Å². The molecular weight excluding hydrogens is 528 g/mol. The third-order valence-electron chi connectivity index (χ3n) is 5.70. The number of nitrogens with zero attached hydrogens (tertiary/aromatic N) is 1. The van der Waals surface area contributed by atoms with Crippen molar-refractivity contribution >= 4 is 39.5 Å². The van der Waals surface area contributed by atoms with Crippen LogP contribution in [-0.2, 0) is 9.59 Å². The van der Waals surface area contributed by atoms with E-state index in [-0.39, 0.29) is 30.9 Å². The van der Waals surface area contributed by atoms with E-state index >= 15 is 0 Å². The fourth-order valence-corrected chi connectivity index (χ4v) is 4.49. The van der Waals surface area contributed by atoms with E-state index in [9.17, 15) is 9.59 Å². The molecule has 0 saturated carbocycles. The van der Waals surface area contributed by atoms with E-state index in [4.69, 9.17) is 18.9 Å². The minimum absolute atomic E-state index is 0.110. The van der Waals surface area contributed by atoms with E-state index in [1.165, 1.54) is 4.90 Å². The first-order chi connectivity index (χ1) is 17.5. The molecule has 0 aliphatic carbocycles. The monoisotopic (exact) mass is 550 g/mol. The molecule has 0 saturated heterocycles. The van der Waals surface area contributed by atoms with E-state index in [1.807, 2.05) is 42.5 Å². The van der Waals surface area contributed by atoms with Gasteiger partial charge in [-0.1, -0.05) is 30.3 Å². The summed E-state index contributed by atoms with van der Waals surface area (Å²) < 4.78 is 23.5. The number of hydrogen-bond donors (Lipinski definition) is 1. The molecule has 184 valence electrons. The summed E-state index contributed by atoms with van der Waals surface area (Å²) in [4.78, 5) is 27.6. The number of rotatable bonds is 6. The molecule has 8 nitrogen and oxygen atoms in total. The largest absolute Gasteiger partial charge is 0.496 e. The van der Waals surface area contributed by atoms with Crippen LogP contribution in [-0.4, -0.2) is 44.7 Å². The second-order valence-corrected chi connectivity index (χ2v) is 9.02. The number of methoxy groups -OCH3 is 1. The fourth-order valence-electron chi connectivity index (χ4n) is 3.93. The zero-order valence-corrected chi connectivity index (χ0v) is 21.0. The summed E-state index contributed by atoms with van der Waals surface area (Å²) in [6.07, 6.45) is 1.30. The van der Waals surface area contributed by atoms with Crippen molar-refractivity contribution < 1.29 is 28.5 Å². The normalized spacial score (nSPS) is 17.3. The summed E-state index contributed by atoms with van der Waals surface area (Å²) in [5.74, 6) is 1.85. The molecule has 9 heteroatoms. The van der Waals surface area contributed by atoms with E-state index < -0.39 is 5.91 Å². The Kier molecular flexibility index (Phi) is 6.81. The number of benzene rings is 3. The molecule has 0 radical (unpaired) electrons. The lowest BCUT2D eigenvalue weighted by Crippen LogP contribution is -2.47. The summed E-state index contributed by atoms with van der Waals surface area (Å²) in [6.45, 7) is 0.393. The van der Waals surface area contributed by atoms with Crippen LogP contribution in [0.3, 0.4) is 0 Å². The van der Waals surface area contributed by atoms with Crippen LogP contribution < -0.4 is 29.2 Å². The lowest BCUT2D eigenvalue weighted by atomic mass is 10.1. The number of amides is 2. The number of carbonyl (C=O) groups excluding carboxylic acids is 2. The number of ether oxygens (including phenoxy) is 4.